The third kappa shape index (κ3) is 6.12. The number of aryl methyl sites for hydroxylation is 1. The molecule has 5 nitrogen and oxygen atoms in total. The minimum Gasteiger partial charge on any atom is -0.489 e. The van der Waals surface area contributed by atoms with E-state index in [9.17, 15) is 4.79 Å². The number of hydrogen-bond acceptors (Lipinski definition) is 3. The Bertz CT molecular complexity index is 896. The number of nitrogens with zero attached hydrogens (tertiary/aromatic N) is 2. The molecule has 0 unspecified atom stereocenters. The van der Waals surface area contributed by atoms with E-state index in [1.165, 1.54) is 0 Å². The van der Waals surface area contributed by atoms with Gasteiger partial charge in [-0.15, -0.1) is 0 Å². The van der Waals surface area contributed by atoms with Crippen molar-refractivity contribution in [2.24, 2.45) is 0 Å². The van der Waals surface area contributed by atoms with Gasteiger partial charge in [0.2, 0.25) is 0 Å². The average Bonchev–Trinajstić information content (AvgIpc) is 3.09. The van der Waals surface area contributed by atoms with Crippen LogP contribution in [0, 0.1) is 0 Å². The van der Waals surface area contributed by atoms with Gasteiger partial charge in [-0.3, -0.25) is 9.48 Å². The lowest BCUT2D eigenvalue weighted by molar-refractivity contribution is 0.0952. The molecule has 3 aromatic rings. The molecule has 3 rings (SSSR count). The second-order valence-corrected chi connectivity index (χ2v) is 7.33. The second kappa shape index (κ2) is 9.58. The van der Waals surface area contributed by atoms with Gasteiger partial charge in [-0.1, -0.05) is 29.8 Å². The lowest BCUT2D eigenvalue weighted by Crippen LogP contribution is -2.25. The Hall–Kier alpha value is -2.31. The van der Waals surface area contributed by atoms with E-state index < -0.39 is 0 Å². The third-order valence-corrected chi connectivity index (χ3v) is 4.51. The fraction of sp³-hybridized carbons (Fsp3) is 0.200. The van der Waals surface area contributed by atoms with E-state index in [-0.39, 0.29) is 5.91 Å². The Labute approximate surface area is 171 Å². The zero-order chi connectivity index (χ0) is 19.1. The SMILES string of the molecule is O=C(NCCCn1cc(Br)cn1)c1ccc(COc2cccc(Cl)c2)cc1. The van der Waals surface area contributed by atoms with Gasteiger partial charge in [0.25, 0.3) is 5.91 Å². The normalized spacial score (nSPS) is 10.6. The molecular formula is C20H19BrClN3O2. The monoisotopic (exact) mass is 447 g/mol. The van der Waals surface area contributed by atoms with Crippen molar-refractivity contribution >= 4 is 33.4 Å². The van der Waals surface area contributed by atoms with Crippen LogP contribution in [0.3, 0.4) is 0 Å². The zero-order valence-corrected chi connectivity index (χ0v) is 16.9. The molecule has 1 heterocycles. The van der Waals surface area contributed by atoms with Gasteiger partial charge >= 0.3 is 0 Å². The number of aromatic nitrogens is 2. The highest BCUT2D eigenvalue weighted by Gasteiger charge is 2.05. The van der Waals surface area contributed by atoms with Crippen molar-refractivity contribution in [1.29, 1.82) is 0 Å². The number of hydrogen-bond donors (Lipinski definition) is 1. The van der Waals surface area contributed by atoms with E-state index in [1.807, 2.05) is 35.1 Å². The fourth-order valence-electron chi connectivity index (χ4n) is 2.48. The molecule has 0 bridgehead atoms. The molecule has 0 spiro atoms. The van der Waals surface area contributed by atoms with E-state index in [2.05, 4.69) is 26.3 Å². The van der Waals surface area contributed by atoms with Crippen LogP contribution >= 0.6 is 27.5 Å². The number of ether oxygens (including phenoxy) is 1. The standard InChI is InChI=1S/C20H19BrClN3O2/c21-17-12-24-25(13-17)10-2-9-23-20(26)16-7-5-15(6-8-16)14-27-19-4-1-3-18(22)11-19/h1,3-8,11-13H,2,9-10,14H2,(H,23,26). The summed E-state index contributed by atoms with van der Waals surface area (Å²) in [5.41, 5.74) is 1.61. The van der Waals surface area contributed by atoms with Crippen molar-refractivity contribution in [1.82, 2.24) is 15.1 Å². The first-order valence-electron chi connectivity index (χ1n) is 8.53. The van der Waals surface area contributed by atoms with Gasteiger partial charge in [0.15, 0.2) is 0 Å². The Kier molecular flexibility index (Phi) is 6.90. The maximum absolute atomic E-state index is 12.2. The van der Waals surface area contributed by atoms with Gasteiger partial charge < -0.3 is 10.1 Å². The fourth-order valence-corrected chi connectivity index (χ4v) is 2.99. The van der Waals surface area contributed by atoms with Gasteiger partial charge in [0.05, 0.1) is 10.7 Å². The summed E-state index contributed by atoms with van der Waals surface area (Å²) in [7, 11) is 0. The minimum atomic E-state index is -0.0843. The molecule has 0 aliphatic carbocycles. The Morgan fingerprint density at radius 1 is 1.22 bits per heavy atom. The molecule has 1 N–H and O–H groups in total. The van der Waals surface area contributed by atoms with Crippen LogP contribution in [0.15, 0.2) is 65.4 Å². The van der Waals surface area contributed by atoms with E-state index in [0.29, 0.717) is 29.5 Å². The molecule has 0 saturated carbocycles. The van der Waals surface area contributed by atoms with Crippen LogP contribution in [0.4, 0.5) is 0 Å². The van der Waals surface area contributed by atoms with Crippen LogP contribution in [0.1, 0.15) is 22.3 Å². The van der Waals surface area contributed by atoms with Crippen LogP contribution in [0.2, 0.25) is 5.02 Å². The van der Waals surface area contributed by atoms with Crippen molar-refractivity contribution in [3.05, 3.63) is 81.5 Å². The number of halogens is 2. The first kappa shape index (κ1) is 19.5. The van der Waals surface area contributed by atoms with Crippen molar-refractivity contribution < 1.29 is 9.53 Å². The molecule has 0 atom stereocenters. The van der Waals surface area contributed by atoms with Crippen LogP contribution in [-0.4, -0.2) is 22.2 Å². The quantitative estimate of drug-likeness (QED) is 0.508. The maximum Gasteiger partial charge on any atom is 0.251 e. The Morgan fingerprint density at radius 3 is 2.74 bits per heavy atom. The lowest BCUT2D eigenvalue weighted by atomic mass is 10.1. The molecule has 0 saturated heterocycles. The van der Waals surface area contributed by atoms with Gasteiger partial charge in [-0.25, -0.2) is 0 Å². The molecule has 7 heteroatoms. The second-order valence-electron chi connectivity index (χ2n) is 5.97. The topological polar surface area (TPSA) is 56.2 Å². The smallest absolute Gasteiger partial charge is 0.251 e. The highest BCUT2D eigenvalue weighted by molar-refractivity contribution is 9.10. The number of amides is 1. The van der Waals surface area contributed by atoms with Crippen molar-refractivity contribution in [2.75, 3.05) is 6.54 Å². The summed E-state index contributed by atoms with van der Waals surface area (Å²) in [6, 6.07) is 14.7. The molecule has 0 fully saturated rings. The van der Waals surface area contributed by atoms with Gasteiger partial charge in [0.1, 0.15) is 12.4 Å². The first-order valence-corrected chi connectivity index (χ1v) is 9.71. The largest absolute Gasteiger partial charge is 0.489 e. The van der Waals surface area contributed by atoms with Crippen LogP contribution in [0.25, 0.3) is 0 Å². The van der Waals surface area contributed by atoms with Crippen molar-refractivity contribution in [3.8, 4) is 5.75 Å². The summed E-state index contributed by atoms with van der Waals surface area (Å²) in [5, 5.41) is 7.74. The van der Waals surface area contributed by atoms with E-state index >= 15 is 0 Å². The molecule has 1 amide bonds. The van der Waals surface area contributed by atoms with Gasteiger partial charge in [-0.2, -0.15) is 5.10 Å². The molecule has 0 aliphatic heterocycles. The van der Waals surface area contributed by atoms with E-state index in [4.69, 9.17) is 16.3 Å². The number of carbonyl (C=O) groups is 1. The number of nitrogens with one attached hydrogen (secondary N) is 1. The molecule has 2 aromatic carbocycles. The summed E-state index contributed by atoms with van der Waals surface area (Å²) < 4.78 is 8.49. The minimum absolute atomic E-state index is 0.0843. The highest BCUT2D eigenvalue weighted by atomic mass is 79.9. The van der Waals surface area contributed by atoms with Crippen LogP contribution < -0.4 is 10.1 Å². The molecule has 0 aliphatic rings. The average molecular weight is 449 g/mol. The van der Waals surface area contributed by atoms with Gasteiger partial charge in [-0.05, 0) is 58.2 Å². The maximum atomic E-state index is 12.2. The number of benzene rings is 2. The summed E-state index contributed by atoms with van der Waals surface area (Å²) in [4.78, 5) is 12.2. The summed E-state index contributed by atoms with van der Waals surface area (Å²) in [6.45, 7) is 1.77. The molecule has 27 heavy (non-hydrogen) atoms. The molecule has 140 valence electrons. The first-order chi connectivity index (χ1) is 13.1. The van der Waals surface area contributed by atoms with Crippen LogP contribution in [0.5, 0.6) is 5.75 Å². The summed E-state index contributed by atoms with van der Waals surface area (Å²) in [5.74, 6) is 0.632. The predicted molar refractivity (Wildman–Crippen MR) is 109 cm³/mol. The van der Waals surface area contributed by atoms with Crippen molar-refractivity contribution in [3.63, 3.8) is 0 Å². The zero-order valence-electron chi connectivity index (χ0n) is 14.6. The number of rotatable bonds is 8. The molecule has 1 aromatic heterocycles. The summed E-state index contributed by atoms with van der Waals surface area (Å²) in [6.07, 6.45) is 4.47. The highest BCUT2D eigenvalue weighted by Crippen LogP contribution is 2.18. The van der Waals surface area contributed by atoms with Gasteiger partial charge in [0, 0.05) is 29.9 Å². The number of carbonyl (C=O) groups excluding carboxylic acids is 1. The molecular weight excluding hydrogens is 430 g/mol. The van der Waals surface area contributed by atoms with E-state index in [1.54, 1.807) is 30.5 Å². The van der Waals surface area contributed by atoms with Crippen LogP contribution in [-0.2, 0) is 13.2 Å². The molecule has 0 radical (unpaired) electrons. The summed E-state index contributed by atoms with van der Waals surface area (Å²) >= 11 is 9.30. The Morgan fingerprint density at radius 2 is 2.04 bits per heavy atom. The third-order valence-electron chi connectivity index (χ3n) is 3.87. The lowest BCUT2D eigenvalue weighted by Gasteiger charge is -2.08. The Balaban J connectivity index is 1.42. The predicted octanol–water partition coefficient (Wildman–Crippen LogP) is 4.70. The van der Waals surface area contributed by atoms with Crippen molar-refractivity contribution in [2.45, 2.75) is 19.6 Å². The van der Waals surface area contributed by atoms with E-state index in [0.717, 1.165) is 23.0 Å².